The molecule has 0 radical (unpaired) electrons. The Balaban J connectivity index is 1.50. The second-order valence-electron chi connectivity index (χ2n) is 8.66. The van der Waals surface area contributed by atoms with E-state index in [2.05, 4.69) is 0 Å². The average molecular weight is 500 g/mol. The molecule has 5 rings (SSSR count). The number of esters is 1. The van der Waals surface area contributed by atoms with Crippen LogP contribution in [-0.2, 0) is 27.3 Å². The van der Waals surface area contributed by atoms with Gasteiger partial charge in [-0.25, -0.2) is 9.78 Å². The molecule has 0 aliphatic carbocycles. The fourth-order valence-electron chi connectivity index (χ4n) is 4.58. The van der Waals surface area contributed by atoms with Crippen molar-refractivity contribution in [3.63, 3.8) is 0 Å². The number of ether oxygens (including phenoxy) is 1. The topological polar surface area (TPSA) is 81.5 Å². The summed E-state index contributed by atoms with van der Waals surface area (Å²) in [7, 11) is 1.33. The third-order valence-corrected chi connectivity index (χ3v) is 7.39. The number of carbonyl (C=O) groups is 2. The van der Waals surface area contributed by atoms with E-state index in [1.165, 1.54) is 18.9 Å². The lowest BCUT2D eigenvalue weighted by Crippen LogP contribution is -2.49. The van der Waals surface area contributed by atoms with Crippen molar-refractivity contribution in [1.29, 1.82) is 0 Å². The molecule has 1 aromatic heterocycles. The van der Waals surface area contributed by atoms with Gasteiger partial charge in [0.15, 0.2) is 5.16 Å². The van der Waals surface area contributed by atoms with Gasteiger partial charge in [0.25, 0.3) is 5.56 Å². The number of fused-ring (bicyclic) bond motifs is 2. The molecule has 1 aliphatic heterocycles. The zero-order valence-corrected chi connectivity index (χ0v) is 20.8. The van der Waals surface area contributed by atoms with Gasteiger partial charge in [-0.3, -0.25) is 14.2 Å². The van der Waals surface area contributed by atoms with Crippen molar-refractivity contribution < 1.29 is 14.3 Å². The van der Waals surface area contributed by atoms with Crippen molar-refractivity contribution in [2.45, 2.75) is 31.1 Å². The molecule has 2 heterocycles. The van der Waals surface area contributed by atoms with Crippen molar-refractivity contribution in [2.24, 2.45) is 0 Å². The van der Waals surface area contributed by atoms with E-state index in [-0.39, 0.29) is 17.2 Å². The second-order valence-corrected chi connectivity index (χ2v) is 9.60. The van der Waals surface area contributed by atoms with Crippen LogP contribution in [0.1, 0.15) is 16.7 Å². The summed E-state index contributed by atoms with van der Waals surface area (Å²) in [4.78, 5) is 45.8. The highest BCUT2D eigenvalue weighted by Crippen LogP contribution is 2.27. The van der Waals surface area contributed by atoms with Gasteiger partial charge >= 0.3 is 5.97 Å². The monoisotopic (exact) mass is 499 g/mol. The molecule has 0 N–H and O–H groups in total. The number of aryl methyl sites for hydroxylation is 1. The Morgan fingerprint density at radius 1 is 1.00 bits per heavy atom. The number of rotatable bonds is 5. The van der Waals surface area contributed by atoms with Crippen molar-refractivity contribution in [3.05, 3.63) is 99.8 Å². The van der Waals surface area contributed by atoms with E-state index in [0.717, 1.165) is 22.4 Å². The molecule has 7 nitrogen and oxygen atoms in total. The minimum absolute atomic E-state index is 0.0202. The summed E-state index contributed by atoms with van der Waals surface area (Å²) in [5.74, 6) is -0.640. The summed E-state index contributed by atoms with van der Waals surface area (Å²) >= 11 is 1.19. The van der Waals surface area contributed by atoms with Gasteiger partial charge < -0.3 is 9.64 Å². The van der Waals surface area contributed by atoms with Crippen LogP contribution < -0.4 is 5.56 Å². The molecule has 36 heavy (non-hydrogen) atoms. The van der Waals surface area contributed by atoms with E-state index in [4.69, 9.17) is 9.72 Å². The third kappa shape index (κ3) is 4.40. The van der Waals surface area contributed by atoms with E-state index in [1.807, 2.05) is 67.6 Å². The second kappa shape index (κ2) is 9.99. The molecule has 0 fully saturated rings. The highest BCUT2D eigenvalue weighted by atomic mass is 32.2. The van der Waals surface area contributed by atoms with E-state index < -0.39 is 12.0 Å². The van der Waals surface area contributed by atoms with E-state index in [0.29, 0.717) is 29.0 Å². The van der Waals surface area contributed by atoms with Crippen molar-refractivity contribution in [1.82, 2.24) is 14.5 Å². The average Bonchev–Trinajstić information content (AvgIpc) is 2.91. The van der Waals surface area contributed by atoms with Crippen LogP contribution in [0.5, 0.6) is 0 Å². The Kier molecular flexibility index (Phi) is 6.61. The highest BCUT2D eigenvalue weighted by Gasteiger charge is 2.35. The van der Waals surface area contributed by atoms with Crippen molar-refractivity contribution in [2.75, 3.05) is 12.9 Å². The first-order valence-electron chi connectivity index (χ1n) is 11.6. The SMILES string of the molecule is COC(=O)[C@H]1Cc2ccccc2CN1C(=O)CSc1nc2ccccc2c(=O)n1-c1ccccc1C. The van der Waals surface area contributed by atoms with Crippen LogP contribution >= 0.6 is 11.8 Å². The molecule has 182 valence electrons. The normalized spacial score (nSPS) is 14.9. The summed E-state index contributed by atoms with van der Waals surface area (Å²) in [5, 5.41) is 0.934. The molecule has 0 unspecified atom stereocenters. The fraction of sp³-hybridized carbons (Fsp3) is 0.214. The van der Waals surface area contributed by atoms with Crippen LogP contribution in [0.4, 0.5) is 0 Å². The number of nitrogens with zero attached hydrogens (tertiary/aromatic N) is 3. The van der Waals surface area contributed by atoms with Gasteiger partial charge in [-0.15, -0.1) is 0 Å². The van der Waals surface area contributed by atoms with Gasteiger partial charge in [0.05, 0.1) is 29.5 Å². The summed E-state index contributed by atoms with van der Waals surface area (Å²) in [5.41, 5.74) is 4.06. The summed E-state index contributed by atoms with van der Waals surface area (Å²) in [6.07, 6.45) is 0.404. The van der Waals surface area contributed by atoms with Gasteiger partial charge in [0.1, 0.15) is 6.04 Å². The molecule has 0 saturated heterocycles. The smallest absolute Gasteiger partial charge is 0.328 e. The predicted molar refractivity (Wildman–Crippen MR) is 139 cm³/mol. The van der Waals surface area contributed by atoms with Crippen LogP contribution in [0.2, 0.25) is 0 Å². The van der Waals surface area contributed by atoms with Crippen LogP contribution in [0, 0.1) is 6.92 Å². The number of hydrogen-bond donors (Lipinski definition) is 0. The maximum Gasteiger partial charge on any atom is 0.328 e. The van der Waals surface area contributed by atoms with Gasteiger partial charge in [-0.2, -0.15) is 0 Å². The van der Waals surface area contributed by atoms with Crippen molar-refractivity contribution in [3.8, 4) is 5.69 Å². The zero-order valence-electron chi connectivity index (χ0n) is 20.0. The molecule has 0 spiro atoms. The first-order chi connectivity index (χ1) is 17.5. The number of amides is 1. The van der Waals surface area contributed by atoms with Crippen molar-refractivity contribution >= 4 is 34.5 Å². The molecule has 4 aromatic rings. The molecule has 3 aromatic carbocycles. The minimum Gasteiger partial charge on any atom is -0.467 e. The fourth-order valence-corrected chi connectivity index (χ4v) is 5.47. The highest BCUT2D eigenvalue weighted by molar-refractivity contribution is 7.99. The Bertz CT molecular complexity index is 1530. The molecular weight excluding hydrogens is 474 g/mol. The van der Waals surface area contributed by atoms with Crippen LogP contribution in [0.15, 0.2) is 82.7 Å². The van der Waals surface area contributed by atoms with E-state index in [1.54, 1.807) is 21.6 Å². The Morgan fingerprint density at radius 3 is 2.47 bits per heavy atom. The van der Waals surface area contributed by atoms with E-state index in [9.17, 15) is 14.4 Å². The Morgan fingerprint density at radius 2 is 1.69 bits per heavy atom. The quantitative estimate of drug-likeness (QED) is 0.235. The molecular formula is C28H25N3O4S. The predicted octanol–water partition coefficient (Wildman–Crippen LogP) is 3.91. The maximum absolute atomic E-state index is 13.5. The van der Waals surface area contributed by atoms with Crippen LogP contribution in [0.25, 0.3) is 16.6 Å². The summed E-state index contributed by atoms with van der Waals surface area (Å²) in [6, 6.07) is 21.9. The summed E-state index contributed by atoms with van der Waals surface area (Å²) < 4.78 is 6.57. The Labute approximate surface area is 212 Å². The largest absolute Gasteiger partial charge is 0.467 e. The van der Waals surface area contributed by atoms with Crippen LogP contribution in [-0.4, -0.2) is 45.2 Å². The Hall–Kier alpha value is -3.91. The zero-order chi connectivity index (χ0) is 25.2. The van der Waals surface area contributed by atoms with E-state index >= 15 is 0 Å². The lowest BCUT2D eigenvalue weighted by molar-refractivity contribution is -0.153. The number of hydrogen-bond acceptors (Lipinski definition) is 6. The molecule has 0 bridgehead atoms. The third-order valence-electron chi connectivity index (χ3n) is 6.47. The maximum atomic E-state index is 13.5. The van der Waals surface area contributed by atoms with Gasteiger partial charge in [-0.05, 0) is 41.8 Å². The molecule has 1 amide bonds. The summed E-state index contributed by atoms with van der Waals surface area (Å²) in [6.45, 7) is 2.26. The lowest BCUT2D eigenvalue weighted by Gasteiger charge is -2.35. The number of benzene rings is 3. The minimum atomic E-state index is -0.693. The molecule has 8 heteroatoms. The number of methoxy groups -OCH3 is 1. The number of thioether (sulfide) groups is 1. The van der Waals surface area contributed by atoms with Gasteiger partial charge in [0, 0.05) is 13.0 Å². The molecule has 1 atom stereocenters. The number of aromatic nitrogens is 2. The molecule has 0 saturated carbocycles. The first kappa shape index (κ1) is 23.8. The number of para-hydroxylation sites is 2. The number of carbonyl (C=O) groups excluding carboxylic acids is 2. The molecule has 1 aliphatic rings. The van der Waals surface area contributed by atoms with Crippen LogP contribution in [0.3, 0.4) is 0 Å². The standard InChI is InChI=1S/C28H25N3O4S/c1-18-9-3-8-14-23(18)31-26(33)21-12-6-7-13-22(21)29-28(31)36-17-25(32)30-16-20-11-5-4-10-19(20)15-24(30)27(34)35-2/h3-14,24H,15-17H2,1-2H3/t24-/m1/s1. The first-order valence-corrected chi connectivity index (χ1v) is 12.6. The van der Waals surface area contributed by atoms with Gasteiger partial charge in [0.2, 0.25) is 5.91 Å². The lowest BCUT2D eigenvalue weighted by atomic mass is 9.94. The van der Waals surface area contributed by atoms with Gasteiger partial charge in [-0.1, -0.05) is 66.4 Å².